The van der Waals surface area contributed by atoms with Gasteiger partial charge in [0.15, 0.2) is 0 Å². The molecule has 3 rings (SSSR count). The van der Waals surface area contributed by atoms with Crippen molar-refractivity contribution in [2.45, 2.75) is 6.92 Å². The van der Waals surface area contributed by atoms with E-state index in [0.29, 0.717) is 27.1 Å². The molecule has 1 saturated heterocycles. The van der Waals surface area contributed by atoms with E-state index in [9.17, 15) is 14.4 Å². The maximum absolute atomic E-state index is 12.5. The number of nitrogens with zero attached hydrogens (tertiary/aromatic N) is 1. The SMILES string of the molecule is CCOC(=O)c1ccc(NC(=O)CN2C(=O)C(=Cc3cccs3)SC2=S)cc1. The Labute approximate surface area is 175 Å². The third-order valence-corrected chi connectivity index (χ3v) is 5.87. The Morgan fingerprint density at radius 3 is 2.64 bits per heavy atom. The quantitative estimate of drug-likeness (QED) is 0.426. The summed E-state index contributed by atoms with van der Waals surface area (Å²) in [5, 5.41) is 4.62. The highest BCUT2D eigenvalue weighted by Crippen LogP contribution is 2.33. The van der Waals surface area contributed by atoms with E-state index in [1.165, 1.54) is 28.0 Å². The second-order valence-corrected chi connectivity index (χ2v) is 8.28. The first-order valence-corrected chi connectivity index (χ1v) is 10.4. The van der Waals surface area contributed by atoms with Crippen molar-refractivity contribution in [1.29, 1.82) is 0 Å². The highest BCUT2D eigenvalue weighted by atomic mass is 32.2. The van der Waals surface area contributed by atoms with Crippen LogP contribution < -0.4 is 5.32 Å². The molecule has 6 nitrogen and oxygen atoms in total. The van der Waals surface area contributed by atoms with Gasteiger partial charge in [0.25, 0.3) is 5.91 Å². The van der Waals surface area contributed by atoms with Crippen molar-refractivity contribution in [3.63, 3.8) is 0 Å². The summed E-state index contributed by atoms with van der Waals surface area (Å²) in [4.78, 5) is 39.2. The fraction of sp³-hybridized carbons (Fsp3) is 0.158. The molecule has 144 valence electrons. The molecule has 1 aliphatic rings. The third kappa shape index (κ3) is 4.86. The van der Waals surface area contributed by atoms with Gasteiger partial charge in [-0.2, -0.15) is 0 Å². The molecule has 1 fully saturated rings. The first kappa shape index (κ1) is 20.2. The van der Waals surface area contributed by atoms with Crippen LogP contribution in [-0.2, 0) is 14.3 Å². The van der Waals surface area contributed by atoms with E-state index in [0.717, 1.165) is 4.88 Å². The number of hydrogen-bond acceptors (Lipinski definition) is 7. The maximum atomic E-state index is 12.5. The standard InChI is InChI=1S/C19H16N2O4S3/c1-2-25-18(24)12-5-7-13(8-6-12)20-16(22)11-21-17(23)15(28-19(21)26)10-14-4-3-9-27-14/h3-10H,2,11H2,1H3,(H,20,22). The Morgan fingerprint density at radius 1 is 1.25 bits per heavy atom. The van der Waals surface area contributed by atoms with Gasteiger partial charge in [-0.15, -0.1) is 11.3 Å². The molecule has 0 radical (unpaired) electrons. The minimum atomic E-state index is -0.421. The van der Waals surface area contributed by atoms with Crippen molar-refractivity contribution < 1.29 is 19.1 Å². The van der Waals surface area contributed by atoms with Gasteiger partial charge in [0.1, 0.15) is 10.9 Å². The summed E-state index contributed by atoms with van der Waals surface area (Å²) in [6.07, 6.45) is 1.77. The maximum Gasteiger partial charge on any atom is 0.338 e. The van der Waals surface area contributed by atoms with E-state index >= 15 is 0 Å². The van der Waals surface area contributed by atoms with Gasteiger partial charge >= 0.3 is 5.97 Å². The Kier molecular flexibility index (Phi) is 6.61. The van der Waals surface area contributed by atoms with Gasteiger partial charge < -0.3 is 10.1 Å². The lowest BCUT2D eigenvalue weighted by molar-refractivity contribution is -0.126. The van der Waals surface area contributed by atoms with Crippen molar-refractivity contribution in [1.82, 2.24) is 4.90 Å². The van der Waals surface area contributed by atoms with Crippen molar-refractivity contribution in [3.8, 4) is 0 Å². The number of carbonyl (C=O) groups excluding carboxylic acids is 3. The fourth-order valence-electron chi connectivity index (χ4n) is 2.39. The van der Waals surface area contributed by atoms with E-state index in [4.69, 9.17) is 17.0 Å². The molecule has 9 heteroatoms. The molecule has 1 aromatic carbocycles. The molecule has 1 N–H and O–H groups in total. The molecule has 1 aliphatic heterocycles. The lowest BCUT2D eigenvalue weighted by Gasteiger charge is -2.14. The van der Waals surface area contributed by atoms with Crippen LogP contribution in [0.25, 0.3) is 6.08 Å². The molecule has 0 aliphatic carbocycles. The van der Waals surface area contributed by atoms with Crippen LogP contribution in [0.2, 0.25) is 0 Å². The Hall–Kier alpha value is -2.49. The van der Waals surface area contributed by atoms with E-state index < -0.39 is 5.97 Å². The van der Waals surface area contributed by atoms with Crippen LogP contribution in [0.4, 0.5) is 5.69 Å². The summed E-state index contributed by atoms with van der Waals surface area (Å²) in [6.45, 7) is 1.85. The van der Waals surface area contributed by atoms with Crippen LogP contribution >= 0.6 is 35.3 Å². The summed E-state index contributed by atoms with van der Waals surface area (Å²) in [5.41, 5.74) is 0.910. The van der Waals surface area contributed by atoms with Gasteiger partial charge in [0.05, 0.1) is 17.1 Å². The molecule has 0 spiro atoms. The number of carbonyl (C=O) groups is 3. The molecule has 2 heterocycles. The van der Waals surface area contributed by atoms with E-state index in [-0.39, 0.29) is 18.4 Å². The minimum Gasteiger partial charge on any atom is -0.462 e. The lowest BCUT2D eigenvalue weighted by atomic mass is 10.2. The van der Waals surface area contributed by atoms with Gasteiger partial charge in [0.2, 0.25) is 5.91 Å². The second-order valence-electron chi connectivity index (χ2n) is 5.63. The van der Waals surface area contributed by atoms with Gasteiger partial charge in [-0.05, 0) is 48.7 Å². The van der Waals surface area contributed by atoms with Crippen LogP contribution in [0.15, 0.2) is 46.7 Å². The summed E-state index contributed by atoms with van der Waals surface area (Å²) in [6, 6.07) is 10.1. The normalized spacial score (nSPS) is 15.2. The molecule has 2 aromatic rings. The van der Waals surface area contributed by atoms with Gasteiger partial charge in [-0.1, -0.05) is 30.0 Å². The van der Waals surface area contributed by atoms with E-state index in [1.54, 1.807) is 37.3 Å². The number of esters is 1. The number of rotatable bonds is 6. The summed E-state index contributed by atoms with van der Waals surface area (Å²) in [5.74, 6) is -1.08. The monoisotopic (exact) mass is 432 g/mol. The zero-order chi connectivity index (χ0) is 20.1. The van der Waals surface area contributed by atoms with Crippen LogP contribution in [0, 0.1) is 0 Å². The first-order valence-electron chi connectivity index (χ1n) is 8.34. The van der Waals surface area contributed by atoms with Crippen molar-refractivity contribution in [2.24, 2.45) is 0 Å². The van der Waals surface area contributed by atoms with Crippen LogP contribution in [0.1, 0.15) is 22.2 Å². The molecule has 28 heavy (non-hydrogen) atoms. The van der Waals surface area contributed by atoms with Crippen molar-refractivity contribution in [3.05, 3.63) is 57.1 Å². The number of thiocarbonyl (C=S) groups is 1. The van der Waals surface area contributed by atoms with Crippen molar-refractivity contribution >= 4 is 69.2 Å². The number of amides is 2. The van der Waals surface area contributed by atoms with Gasteiger partial charge in [0, 0.05) is 10.6 Å². The number of ether oxygens (including phenoxy) is 1. The number of thiophene rings is 1. The Bertz CT molecular complexity index is 937. The Morgan fingerprint density at radius 2 is 2.00 bits per heavy atom. The predicted molar refractivity (Wildman–Crippen MR) is 115 cm³/mol. The predicted octanol–water partition coefficient (Wildman–Crippen LogP) is 3.76. The highest BCUT2D eigenvalue weighted by molar-refractivity contribution is 8.26. The number of benzene rings is 1. The van der Waals surface area contributed by atoms with E-state index in [1.807, 2.05) is 17.5 Å². The van der Waals surface area contributed by atoms with Crippen LogP contribution in [-0.4, -0.2) is 40.2 Å². The van der Waals surface area contributed by atoms with E-state index in [2.05, 4.69) is 5.32 Å². The number of anilines is 1. The zero-order valence-corrected chi connectivity index (χ0v) is 17.3. The summed E-state index contributed by atoms with van der Waals surface area (Å²) >= 11 is 7.95. The summed E-state index contributed by atoms with van der Waals surface area (Å²) < 4.78 is 5.26. The largest absolute Gasteiger partial charge is 0.462 e. The fourth-order valence-corrected chi connectivity index (χ4v) is 4.36. The Balaban J connectivity index is 1.61. The third-order valence-electron chi connectivity index (χ3n) is 3.67. The average molecular weight is 433 g/mol. The molecule has 2 amide bonds. The lowest BCUT2D eigenvalue weighted by Crippen LogP contribution is -2.36. The molecular formula is C19H16N2O4S3. The molecule has 0 atom stereocenters. The molecule has 0 saturated carbocycles. The van der Waals surface area contributed by atoms with Crippen LogP contribution in [0.3, 0.4) is 0 Å². The van der Waals surface area contributed by atoms with Gasteiger partial charge in [-0.25, -0.2) is 4.79 Å². The molecule has 0 unspecified atom stereocenters. The average Bonchev–Trinajstić information content (AvgIpc) is 3.27. The van der Waals surface area contributed by atoms with Gasteiger partial charge in [-0.3, -0.25) is 14.5 Å². The number of nitrogens with one attached hydrogen (secondary N) is 1. The molecule has 0 bridgehead atoms. The minimum absolute atomic E-state index is 0.175. The summed E-state index contributed by atoms with van der Waals surface area (Å²) in [7, 11) is 0. The number of thioether (sulfide) groups is 1. The number of hydrogen-bond donors (Lipinski definition) is 1. The second kappa shape index (κ2) is 9.13. The first-order chi connectivity index (χ1) is 13.5. The zero-order valence-electron chi connectivity index (χ0n) is 14.8. The topological polar surface area (TPSA) is 75.7 Å². The smallest absolute Gasteiger partial charge is 0.338 e. The molecular weight excluding hydrogens is 416 g/mol. The molecule has 1 aromatic heterocycles. The highest BCUT2D eigenvalue weighted by Gasteiger charge is 2.33. The van der Waals surface area contributed by atoms with Crippen LogP contribution in [0.5, 0.6) is 0 Å². The van der Waals surface area contributed by atoms with Crippen molar-refractivity contribution in [2.75, 3.05) is 18.5 Å².